The summed E-state index contributed by atoms with van der Waals surface area (Å²) in [5.41, 5.74) is 1.11. The molecule has 51 valence electrons. The lowest BCUT2D eigenvalue weighted by Gasteiger charge is -2.00. The van der Waals surface area contributed by atoms with E-state index < -0.39 is 0 Å². The average Bonchev–Trinajstić information content (AvgIpc) is 2.74. The second-order valence-corrected chi connectivity index (χ2v) is 2.59. The predicted octanol–water partition coefficient (Wildman–Crippen LogP) is 1.46. The lowest BCUT2D eigenvalue weighted by Crippen LogP contribution is -2.00. The quantitative estimate of drug-likeness (QED) is 0.660. The van der Waals surface area contributed by atoms with Gasteiger partial charge in [-0.15, -0.1) is 0 Å². The zero-order chi connectivity index (χ0) is 6.81. The highest BCUT2D eigenvalue weighted by Crippen LogP contribution is 2.23. The van der Waals surface area contributed by atoms with E-state index in [1.165, 1.54) is 12.8 Å². The maximum Gasteiger partial charge on any atom is 0.0887 e. The van der Waals surface area contributed by atoms with Gasteiger partial charge >= 0.3 is 0 Å². The van der Waals surface area contributed by atoms with Gasteiger partial charge in [-0.05, 0) is 25.0 Å². The van der Waals surface area contributed by atoms with Crippen LogP contribution in [0.15, 0.2) is 18.3 Å². The topological polar surface area (TPSA) is 24.9 Å². The number of hydrogen-bond acceptors (Lipinski definition) is 2. The van der Waals surface area contributed by atoms with Crippen LogP contribution in [0.25, 0.3) is 0 Å². The molecule has 1 aliphatic carbocycles. The van der Waals surface area contributed by atoms with Gasteiger partial charge in [-0.1, -0.05) is 0 Å². The Kier molecular flexibility index (Phi) is 1.31. The summed E-state index contributed by atoms with van der Waals surface area (Å²) in [6.45, 7) is 0. The van der Waals surface area contributed by atoms with Gasteiger partial charge in [-0.3, -0.25) is 4.98 Å². The summed E-state index contributed by atoms with van der Waals surface area (Å²) >= 11 is 0. The first-order valence-electron chi connectivity index (χ1n) is 3.54. The Hall–Kier alpha value is -1.05. The minimum absolute atomic E-state index is 0.712. The minimum atomic E-state index is 0.712. The van der Waals surface area contributed by atoms with E-state index in [0.717, 1.165) is 5.69 Å². The van der Waals surface area contributed by atoms with E-state index >= 15 is 0 Å². The van der Waals surface area contributed by atoms with Gasteiger partial charge < -0.3 is 5.32 Å². The zero-order valence-electron chi connectivity index (χ0n) is 5.67. The molecule has 1 N–H and O–H groups in total. The molecule has 0 aliphatic heterocycles. The predicted molar refractivity (Wildman–Crippen MR) is 39.7 cm³/mol. The smallest absolute Gasteiger partial charge is 0.0887 e. The molecule has 0 atom stereocenters. The van der Waals surface area contributed by atoms with Gasteiger partial charge in [0.2, 0.25) is 0 Å². The molecular weight excluding hydrogens is 124 g/mol. The van der Waals surface area contributed by atoms with Crippen molar-refractivity contribution < 1.29 is 0 Å². The van der Waals surface area contributed by atoms with Crippen molar-refractivity contribution in [1.29, 1.82) is 0 Å². The summed E-state index contributed by atoms with van der Waals surface area (Å²) in [6, 6.07) is 4.53. The molecule has 1 heterocycles. The van der Waals surface area contributed by atoms with Crippen LogP contribution < -0.4 is 5.32 Å². The van der Waals surface area contributed by atoms with Crippen molar-refractivity contribution in [3.63, 3.8) is 0 Å². The standard InChI is InChI=1S/C8H9N2/c1-2-8(6-9-5-1)10-7-3-4-7/h1-2,6-7,10H,3-4H2. The molecule has 0 bridgehead atoms. The second-order valence-electron chi connectivity index (χ2n) is 2.59. The Morgan fingerprint density at radius 3 is 3.10 bits per heavy atom. The highest BCUT2D eigenvalue weighted by Gasteiger charge is 2.20. The summed E-state index contributed by atoms with van der Waals surface area (Å²) in [7, 11) is 0. The third kappa shape index (κ3) is 1.26. The van der Waals surface area contributed by atoms with E-state index in [4.69, 9.17) is 0 Å². The zero-order valence-corrected chi connectivity index (χ0v) is 5.67. The van der Waals surface area contributed by atoms with Gasteiger partial charge in [0.15, 0.2) is 0 Å². The third-order valence-corrected chi connectivity index (χ3v) is 1.56. The summed E-state index contributed by atoms with van der Waals surface area (Å²) < 4.78 is 0. The fourth-order valence-corrected chi connectivity index (χ4v) is 0.869. The summed E-state index contributed by atoms with van der Waals surface area (Å²) in [4.78, 5) is 3.88. The van der Waals surface area contributed by atoms with Gasteiger partial charge in [-0.25, -0.2) is 0 Å². The third-order valence-electron chi connectivity index (χ3n) is 1.56. The average molecular weight is 133 g/mol. The maximum atomic E-state index is 3.88. The van der Waals surface area contributed by atoms with Crippen LogP contribution >= 0.6 is 0 Å². The van der Waals surface area contributed by atoms with Crippen LogP contribution in [0.4, 0.5) is 5.69 Å². The van der Waals surface area contributed by atoms with Crippen LogP contribution in [0.1, 0.15) is 12.8 Å². The highest BCUT2D eigenvalue weighted by atomic mass is 15.0. The summed E-state index contributed by atoms with van der Waals surface area (Å²) in [5, 5.41) is 3.33. The normalized spacial score (nSPS) is 16.8. The second kappa shape index (κ2) is 2.29. The molecule has 1 aromatic heterocycles. The van der Waals surface area contributed by atoms with E-state index in [2.05, 4.69) is 16.5 Å². The van der Waals surface area contributed by atoms with Crippen molar-refractivity contribution in [3.05, 3.63) is 24.5 Å². The van der Waals surface area contributed by atoms with Gasteiger partial charge in [0, 0.05) is 6.04 Å². The first kappa shape index (κ1) is 5.71. The maximum absolute atomic E-state index is 3.88. The Bertz CT molecular complexity index is 204. The van der Waals surface area contributed by atoms with Crippen LogP contribution in [-0.2, 0) is 0 Å². The van der Waals surface area contributed by atoms with Crippen molar-refractivity contribution in [2.45, 2.75) is 18.9 Å². The molecule has 1 radical (unpaired) electrons. The number of pyridine rings is 1. The first-order valence-corrected chi connectivity index (χ1v) is 3.54. The van der Waals surface area contributed by atoms with E-state index in [1.807, 2.05) is 12.1 Å². The van der Waals surface area contributed by atoms with Gasteiger partial charge in [-0.2, -0.15) is 0 Å². The number of aromatic nitrogens is 1. The van der Waals surface area contributed by atoms with Gasteiger partial charge in [0.05, 0.1) is 18.1 Å². The van der Waals surface area contributed by atoms with Crippen LogP contribution in [0.5, 0.6) is 0 Å². The molecule has 1 fully saturated rings. The van der Waals surface area contributed by atoms with Crippen LogP contribution in [0, 0.1) is 6.20 Å². The Morgan fingerprint density at radius 1 is 1.60 bits per heavy atom. The lowest BCUT2D eigenvalue weighted by molar-refractivity contribution is 1.14. The Labute approximate surface area is 60.3 Å². The number of nitrogens with one attached hydrogen (secondary N) is 1. The molecule has 10 heavy (non-hydrogen) atoms. The van der Waals surface area contributed by atoms with Crippen molar-refractivity contribution in [1.82, 2.24) is 4.98 Å². The molecule has 2 rings (SSSR count). The Morgan fingerprint density at radius 2 is 2.50 bits per heavy atom. The fraction of sp³-hybridized carbons (Fsp3) is 0.375. The van der Waals surface area contributed by atoms with Crippen molar-refractivity contribution in [3.8, 4) is 0 Å². The molecule has 1 saturated carbocycles. The van der Waals surface area contributed by atoms with Crippen molar-refractivity contribution in [2.24, 2.45) is 0 Å². The molecule has 1 aliphatic rings. The van der Waals surface area contributed by atoms with E-state index in [1.54, 1.807) is 6.20 Å². The van der Waals surface area contributed by atoms with Crippen molar-refractivity contribution >= 4 is 5.69 Å². The number of anilines is 1. The number of hydrogen-bond donors (Lipinski definition) is 1. The molecule has 2 heteroatoms. The van der Waals surface area contributed by atoms with Gasteiger partial charge in [0.25, 0.3) is 0 Å². The Balaban J connectivity index is 2.03. The summed E-state index contributed by atoms with van der Waals surface area (Å²) in [6.07, 6.45) is 7.15. The van der Waals surface area contributed by atoms with E-state index in [9.17, 15) is 0 Å². The van der Waals surface area contributed by atoms with Crippen LogP contribution in [0.2, 0.25) is 0 Å². The molecule has 0 spiro atoms. The molecule has 0 amide bonds. The fourth-order valence-electron chi connectivity index (χ4n) is 0.869. The molecule has 0 unspecified atom stereocenters. The molecule has 0 saturated heterocycles. The summed E-state index contributed by atoms with van der Waals surface area (Å²) in [5.74, 6) is 0. The largest absolute Gasteiger partial charge is 0.381 e. The van der Waals surface area contributed by atoms with Crippen LogP contribution in [0.3, 0.4) is 0 Å². The lowest BCUT2D eigenvalue weighted by atomic mass is 10.4. The first-order chi connectivity index (χ1) is 4.95. The minimum Gasteiger partial charge on any atom is -0.381 e. The molecule has 0 aromatic carbocycles. The molecular formula is C8H9N2. The monoisotopic (exact) mass is 133 g/mol. The number of rotatable bonds is 2. The van der Waals surface area contributed by atoms with E-state index in [-0.39, 0.29) is 0 Å². The van der Waals surface area contributed by atoms with Crippen molar-refractivity contribution in [2.75, 3.05) is 5.32 Å². The SMILES string of the molecule is [c]1ccc(NC2CC2)cn1. The molecule has 2 nitrogen and oxygen atoms in total. The number of nitrogens with zero attached hydrogens (tertiary/aromatic N) is 1. The van der Waals surface area contributed by atoms with E-state index in [0.29, 0.717) is 6.04 Å². The van der Waals surface area contributed by atoms with Crippen LogP contribution in [-0.4, -0.2) is 11.0 Å². The molecule has 1 aromatic rings. The highest BCUT2D eigenvalue weighted by molar-refractivity contribution is 5.41. The van der Waals surface area contributed by atoms with Gasteiger partial charge in [0.1, 0.15) is 0 Å².